The van der Waals surface area contributed by atoms with Crippen molar-refractivity contribution >= 4 is 11.5 Å². The Labute approximate surface area is 120 Å². The summed E-state index contributed by atoms with van der Waals surface area (Å²) in [6.07, 6.45) is 2.94. The van der Waals surface area contributed by atoms with Gasteiger partial charge in [-0.25, -0.2) is 9.97 Å². The molecule has 0 saturated heterocycles. The molecule has 0 fully saturated rings. The molecule has 2 aromatic heterocycles. The van der Waals surface area contributed by atoms with E-state index in [2.05, 4.69) is 15.3 Å². The molecule has 0 atom stereocenters. The van der Waals surface area contributed by atoms with Crippen LogP contribution in [0.25, 0.3) is 0 Å². The Hall–Kier alpha value is -3.21. The number of hydrogen-bond donors (Lipinski definition) is 1. The maximum atomic E-state index is 11.0. The normalized spacial score (nSPS) is 9.71. The Balaban J connectivity index is 2.20. The first kappa shape index (κ1) is 14.2. The van der Waals surface area contributed by atoms with Gasteiger partial charge in [0.25, 0.3) is 0 Å². The van der Waals surface area contributed by atoms with E-state index in [0.29, 0.717) is 12.4 Å². The quantitative estimate of drug-likeness (QED) is 0.658. The molecule has 2 heterocycles. The fourth-order valence-corrected chi connectivity index (χ4v) is 1.68. The van der Waals surface area contributed by atoms with Crippen molar-refractivity contribution in [1.82, 2.24) is 9.97 Å². The Bertz CT molecular complexity index is 694. The van der Waals surface area contributed by atoms with E-state index in [4.69, 9.17) is 10.00 Å². The topological polar surface area (TPSA) is 114 Å². The molecule has 106 valence electrons. The van der Waals surface area contributed by atoms with Crippen LogP contribution in [0.4, 0.5) is 11.5 Å². The monoisotopic (exact) mass is 285 g/mol. The smallest absolute Gasteiger partial charge is 0.328 e. The van der Waals surface area contributed by atoms with Crippen molar-refractivity contribution in [3.63, 3.8) is 0 Å². The highest BCUT2D eigenvalue weighted by Crippen LogP contribution is 2.26. The lowest BCUT2D eigenvalue weighted by Gasteiger charge is -2.07. The van der Waals surface area contributed by atoms with Crippen molar-refractivity contribution in [2.24, 2.45) is 0 Å². The van der Waals surface area contributed by atoms with Crippen molar-refractivity contribution in [1.29, 1.82) is 5.26 Å². The lowest BCUT2D eigenvalue weighted by Crippen LogP contribution is -2.06. The van der Waals surface area contributed by atoms with Gasteiger partial charge in [-0.1, -0.05) is 6.07 Å². The van der Waals surface area contributed by atoms with Crippen molar-refractivity contribution in [2.45, 2.75) is 6.54 Å². The molecule has 0 aromatic carbocycles. The maximum absolute atomic E-state index is 11.0. The van der Waals surface area contributed by atoms with Crippen LogP contribution in [0.15, 0.2) is 30.6 Å². The van der Waals surface area contributed by atoms with Gasteiger partial charge in [0.2, 0.25) is 11.7 Å². The molecule has 21 heavy (non-hydrogen) atoms. The summed E-state index contributed by atoms with van der Waals surface area (Å²) in [5, 5.41) is 22.8. The Morgan fingerprint density at radius 3 is 2.81 bits per heavy atom. The largest absolute Gasteiger partial charge is 0.481 e. The third-order valence-corrected chi connectivity index (χ3v) is 2.69. The van der Waals surface area contributed by atoms with Gasteiger partial charge in [-0.15, -0.1) is 0 Å². The zero-order chi connectivity index (χ0) is 15.2. The molecule has 2 aromatic rings. The Kier molecular flexibility index (Phi) is 4.26. The van der Waals surface area contributed by atoms with Crippen LogP contribution in [0.5, 0.6) is 5.88 Å². The maximum Gasteiger partial charge on any atom is 0.328 e. The lowest BCUT2D eigenvalue weighted by molar-refractivity contribution is -0.384. The number of aromatic nitrogens is 2. The first-order valence-corrected chi connectivity index (χ1v) is 5.92. The molecule has 0 bridgehead atoms. The SMILES string of the molecule is COc1ccc(CNc2nccc(C#N)c2[N+](=O)[O-])cn1. The number of anilines is 1. The van der Waals surface area contributed by atoms with Crippen LogP contribution in [-0.4, -0.2) is 22.0 Å². The van der Waals surface area contributed by atoms with E-state index in [1.807, 2.05) is 0 Å². The number of pyridine rings is 2. The molecule has 8 nitrogen and oxygen atoms in total. The number of rotatable bonds is 5. The van der Waals surface area contributed by atoms with E-state index in [-0.39, 0.29) is 17.1 Å². The fraction of sp³-hybridized carbons (Fsp3) is 0.154. The van der Waals surface area contributed by atoms with E-state index in [1.54, 1.807) is 24.4 Å². The summed E-state index contributed by atoms with van der Waals surface area (Å²) >= 11 is 0. The minimum Gasteiger partial charge on any atom is -0.481 e. The minimum atomic E-state index is -0.625. The number of nitrogens with one attached hydrogen (secondary N) is 1. The van der Waals surface area contributed by atoms with Gasteiger partial charge in [0, 0.05) is 25.0 Å². The zero-order valence-electron chi connectivity index (χ0n) is 11.1. The summed E-state index contributed by atoms with van der Waals surface area (Å²) in [6, 6.07) is 6.55. The summed E-state index contributed by atoms with van der Waals surface area (Å²) in [6.45, 7) is 0.291. The molecule has 0 aliphatic carbocycles. The van der Waals surface area contributed by atoms with E-state index >= 15 is 0 Å². The molecule has 0 spiro atoms. The molecule has 0 amide bonds. The molecular formula is C13H11N5O3. The van der Waals surface area contributed by atoms with Crippen LogP contribution in [0.2, 0.25) is 0 Å². The van der Waals surface area contributed by atoms with Crippen LogP contribution < -0.4 is 10.1 Å². The number of ether oxygens (including phenoxy) is 1. The number of nitrogens with zero attached hydrogens (tertiary/aromatic N) is 4. The van der Waals surface area contributed by atoms with Gasteiger partial charge in [-0.2, -0.15) is 5.26 Å². The highest BCUT2D eigenvalue weighted by molar-refractivity contribution is 5.64. The lowest BCUT2D eigenvalue weighted by atomic mass is 10.2. The van der Waals surface area contributed by atoms with Crippen LogP contribution in [-0.2, 0) is 6.54 Å². The summed E-state index contributed by atoms with van der Waals surface area (Å²) in [5.74, 6) is 0.532. The molecule has 0 saturated carbocycles. The average molecular weight is 285 g/mol. The molecule has 0 radical (unpaired) electrons. The summed E-state index contributed by atoms with van der Waals surface area (Å²) in [4.78, 5) is 18.4. The van der Waals surface area contributed by atoms with Gasteiger partial charge in [0.15, 0.2) is 0 Å². The van der Waals surface area contributed by atoms with Gasteiger partial charge in [-0.3, -0.25) is 10.1 Å². The van der Waals surface area contributed by atoms with Gasteiger partial charge in [0.05, 0.1) is 12.0 Å². The Morgan fingerprint density at radius 2 is 2.24 bits per heavy atom. The summed E-state index contributed by atoms with van der Waals surface area (Å²) < 4.78 is 4.94. The zero-order valence-corrected chi connectivity index (χ0v) is 11.1. The molecule has 0 aliphatic heterocycles. The van der Waals surface area contributed by atoms with Crippen molar-refractivity contribution in [3.8, 4) is 11.9 Å². The van der Waals surface area contributed by atoms with Gasteiger partial charge < -0.3 is 10.1 Å². The van der Waals surface area contributed by atoms with Gasteiger partial charge in [0.1, 0.15) is 11.6 Å². The second-order valence-electron chi connectivity index (χ2n) is 3.99. The minimum absolute atomic E-state index is 0.0367. The second kappa shape index (κ2) is 6.29. The van der Waals surface area contributed by atoms with Crippen molar-refractivity contribution < 1.29 is 9.66 Å². The fourth-order valence-electron chi connectivity index (χ4n) is 1.68. The Morgan fingerprint density at radius 1 is 1.43 bits per heavy atom. The van der Waals surface area contributed by atoms with E-state index in [0.717, 1.165) is 5.56 Å². The van der Waals surface area contributed by atoms with Gasteiger partial charge in [-0.05, 0) is 11.6 Å². The van der Waals surface area contributed by atoms with E-state index in [9.17, 15) is 10.1 Å². The number of methoxy groups -OCH3 is 1. The van der Waals surface area contributed by atoms with Crippen LogP contribution in [0.3, 0.4) is 0 Å². The summed E-state index contributed by atoms with van der Waals surface area (Å²) in [5.41, 5.74) is 0.432. The molecule has 1 N–H and O–H groups in total. The number of nitro groups is 1. The first-order chi connectivity index (χ1) is 10.2. The molecular weight excluding hydrogens is 274 g/mol. The summed E-state index contributed by atoms with van der Waals surface area (Å²) in [7, 11) is 1.51. The average Bonchev–Trinajstić information content (AvgIpc) is 2.52. The number of hydrogen-bond acceptors (Lipinski definition) is 7. The first-order valence-electron chi connectivity index (χ1n) is 5.92. The van der Waals surface area contributed by atoms with Gasteiger partial charge >= 0.3 is 5.69 Å². The predicted molar refractivity (Wildman–Crippen MR) is 73.7 cm³/mol. The second-order valence-corrected chi connectivity index (χ2v) is 3.99. The molecule has 0 aliphatic rings. The molecule has 2 rings (SSSR count). The third-order valence-electron chi connectivity index (χ3n) is 2.69. The van der Waals surface area contributed by atoms with E-state index in [1.165, 1.54) is 19.4 Å². The van der Waals surface area contributed by atoms with Crippen LogP contribution in [0, 0.1) is 21.4 Å². The standard InChI is InChI=1S/C13H11N5O3/c1-21-11-3-2-9(7-16-11)8-17-13-12(18(19)20)10(6-14)4-5-15-13/h2-5,7H,8H2,1H3,(H,15,17). The predicted octanol–water partition coefficient (Wildman–Crippen LogP) is 1.88. The van der Waals surface area contributed by atoms with E-state index < -0.39 is 4.92 Å². The number of nitriles is 1. The molecule has 0 unspecified atom stereocenters. The van der Waals surface area contributed by atoms with Crippen LogP contribution in [0.1, 0.15) is 11.1 Å². The highest BCUT2D eigenvalue weighted by atomic mass is 16.6. The highest BCUT2D eigenvalue weighted by Gasteiger charge is 2.20. The van der Waals surface area contributed by atoms with Crippen molar-refractivity contribution in [3.05, 3.63) is 51.8 Å². The molecule has 8 heteroatoms. The van der Waals surface area contributed by atoms with Crippen LogP contribution >= 0.6 is 0 Å². The van der Waals surface area contributed by atoms with Crippen molar-refractivity contribution in [2.75, 3.05) is 12.4 Å². The third kappa shape index (κ3) is 3.22.